The molecule has 0 aliphatic carbocycles. The van der Waals surface area contributed by atoms with E-state index in [1.807, 2.05) is 0 Å². The highest BCUT2D eigenvalue weighted by Gasteiger charge is 2.09. The lowest BCUT2D eigenvalue weighted by Gasteiger charge is -2.12. The Hall–Kier alpha value is -2.60. The first-order valence-electron chi connectivity index (χ1n) is 8.12. The van der Waals surface area contributed by atoms with Crippen molar-refractivity contribution in [2.75, 3.05) is 0 Å². The molecule has 0 heterocycles. The van der Waals surface area contributed by atoms with E-state index in [1.165, 1.54) is 49.4 Å². The van der Waals surface area contributed by atoms with Gasteiger partial charge in [0, 0.05) is 0 Å². The van der Waals surface area contributed by atoms with Crippen LogP contribution in [0.3, 0.4) is 0 Å². The molecule has 0 aromatic heterocycles. The van der Waals surface area contributed by atoms with Crippen LogP contribution in [0.25, 0.3) is 32.7 Å². The molecule has 0 saturated heterocycles. The molecule has 0 unspecified atom stereocenters. The summed E-state index contributed by atoms with van der Waals surface area (Å²) in [4.78, 5) is 0. The molecule has 0 nitrogen and oxygen atoms in total. The van der Waals surface area contributed by atoms with Crippen molar-refractivity contribution in [3.63, 3.8) is 0 Å². The number of hydrogen-bond acceptors (Lipinski definition) is 0. The van der Waals surface area contributed by atoms with Gasteiger partial charge in [0.1, 0.15) is 0 Å². The SMILES string of the molecule is Cc1ccc(-c2cc3cc(C)ccc3c3ccc(C)cc23)cc1. The average molecular weight is 296 g/mol. The fraction of sp³-hybridized carbons (Fsp3) is 0.130. The topological polar surface area (TPSA) is 0 Å². The molecule has 0 bridgehead atoms. The highest BCUT2D eigenvalue weighted by atomic mass is 14.1. The summed E-state index contributed by atoms with van der Waals surface area (Å²) in [6.07, 6.45) is 0. The number of fused-ring (bicyclic) bond motifs is 3. The third kappa shape index (κ3) is 2.41. The summed E-state index contributed by atoms with van der Waals surface area (Å²) in [7, 11) is 0. The van der Waals surface area contributed by atoms with Crippen LogP contribution in [0.4, 0.5) is 0 Å². The van der Waals surface area contributed by atoms with Gasteiger partial charge in [-0.3, -0.25) is 0 Å². The van der Waals surface area contributed by atoms with Crippen LogP contribution in [-0.4, -0.2) is 0 Å². The van der Waals surface area contributed by atoms with Gasteiger partial charge in [-0.1, -0.05) is 77.4 Å². The van der Waals surface area contributed by atoms with Crippen molar-refractivity contribution in [3.05, 3.63) is 83.4 Å². The predicted octanol–water partition coefficient (Wildman–Crippen LogP) is 6.59. The van der Waals surface area contributed by atoms with E-state index >= 15 is 0 Å². The van der Waals surface area contributed by atoms with Gasteiger partial charge in [0.05, 0.1) is 0 Å². The van der Waals surface area contributed by atoms with Crippen LogP contribution in [0.5, 0.6) is 0 Å². The minimum atomic E-state index is 1.29. The van der Waals surface area contributed by atoms with Gasteiger partial charge in [-0.15, -0.1) is 0 Å². The first-order chi connectivity index (χ1) is 11.1. The average Bonchev–Trinajstić information content (AvgIpc) is 2.54. The van der Waals surface area contributed by atoms with E-state index < -0.39 is 0 Å². The third-order valence-corrected chi connectivity index (χ3v) is 4.62. The molecule has 0 spiro atoms. The van der Waals surface area contributed by atoms with Gasteiger partial charge in [0.2, 0.25) is 0 Å². The molecule has 0 heteroatoms. The van der Waals surface area contributed by atoms with E-state index in [2.05, 4.69) is 87.5 Å². The van der Waals surface area contributed by atoms with E-state index in [-0.39, 0.29) is 0 Å². The lowest BCUT2D eigenvalue weighted by molar-refractivity contribution is 1.47. The summed E-state index contributed by atoms with van der Waals surface area (Å²) >= 11 is 0. The molecule has 0 N–H and O–H groups in total. The van der Waals surface area contributed by atoms with Gasteiger partial charge < -0.3 is 0 Å². The second-order valence-corrected chi connectivity index (χ2v) is 6.56. The zero-order valence-electron chi connectivity index (χ0n) is 13.9. The lowest BCUT2D eigenvalue weighted by atomic mass is 9.91. The Balaban J connectivity index is 2.15. The standard InChI is InChI=1S/C23H20/c1-15-4-8-18(9-5-15)22-14-19-12-16(2)6-10-20(19)21-11-7-17(3)13-23(21)22/h4-14H,1-3H3. The van der Waals surface area contributed by atoms with Gasteiger partial charge in [-0.25, -0.2) is 0 Å². The molecule has 0 saturated carbocycles. The van der Waals surface area contributed by atoms with Gasteiger partial charge in [-0.05, 0) is 59.5 Å². The molecule has 0 amide bonds. The molecule has 0 fully saturated rings. The van der Waals surface area contributed by atoms with Crippen LogP contribution in [0, 0.1) is 20.8 Å². The summed E-state index contributed by atoms with van der Waals surface area (Å²) in [6.45, 7) is 6.46. The summed E-state index contributed by atoms with van der Waals surface area (Å²) < 4.78 is 0. The number of rotatable bonds is 1. The van der Waals surface area contributed by atoms with Gasteiger partial charge in [-0.2, -0.15) is 0 Å². The normalized spacial score (nSPS) is 11.3. The summed E-state index contributed by atoms with van der Waals surface area (Å²) in [5.41, 5.74) is 6.51. The number of hydrogen-bond donors (Lipinski definition) is 0. The minimum absolute atomic E-state index is 1.29. The summed E-state index contributed by atoms with van der Waals surface area (Å²) in [6, 6.07) is 24.7. The fourth-order valence-corrected chi connectivity index (χ4v) is 3.37. The fourth-order valence-electron chi connectivity index (χ4n) is 3.37. The molecule has 0 atom stereocenters. The Labute approximate surface area is 137 Å². The summed E-state index contributed by atoms with van der Waals surface area (Å²) in [5, 5.41) is 5.33. The molecule has 0 aliphatic heterocycles. The van der Waals surface area contributed by atoms with E-state index in [0.717, 1.165) is 0 Å². The third-order valence-electron chi connectivity index (χ3n) is 4.62. The smallest absolute Gasteiger partial charge is 0.00963 e. The Morgan fingerprint density at radius 1 is 0.478 bits per heavy atom. The van der Waals surface area contributed by atoms with Crippen molar-refractivity contribution in [2.24, 2.45) is 0 Å². The molecule has 4 rings (SSSR count). The quantitative estimate of drug-likeness (QED) is 0.348. The van der Waals surface area contributed by atoms with Gasteiger partial charge >= 0.3 is 0 Å². The predicted molar refractivity (Wildman–Crippen MR) is 101 cm³/mol. The highest BCUT2D eigenvalue weighted by Crippen LogP contribution is 2.35. The molecule has 4 aromatic carbocycles. The summed E-state index contributed by atoms with van der Waals surface area (Å²) in [5.74, 6) is 0. The molecule has 0 radical (unpaired) electrons. The number of aryl methyl sites for hydroxylation is 3. The Kier molecular flexibility index (Phi) is 3.20. The Bertz CT molecular complexity index is 1020. The zero-order chi connectivity index (χ0) is 16.0. The zero-order valence-corrected chi connectivity index (χ0v) is 13.9. The molecule has 112 valence electrons. The number of benzene rings is 4. The first-order valence-corrected chi connectivity index (χ1v) is 8.12. The van der Waals surface area contributed by atoms with E-state index in [1.54, 1.807) is 0 Å². The second-order valence-electron chi connectivity index (χ2n) is 6.56. The van der Waals surface area contributed by atoms with Crippen molar-refractivity contribution >= 4 is 21.5 Å². The van der Waals surface area contributed by atoms with Crippen LogP contribution in [0.15, 0.2) is 66.7 Å². The van der Waals surface area contributed by atoms with Crippen LogP contribution in [0.1, 0.15) is 16.7 Å². The molecule has 0 aliphatic rings. The van der Waals surface area contributed by atoms with Crippen molar-refractivity contribution in [1.82, 2.24) is 0 Å². The first kappa shape index (κ1) is 14.0. The maximum atomic E-state index is 2.34. The maximum absolute atomic E-state index is 2.34. The molecule has 4 aromatic rings. The van der Waals surface area contributed by atoms with Crippen molar-refractivity contribution in [1.29, 1.82) is 0 Å². The second kappa shape index (κ2) is 5.24. The Morgan fingerprint density at radius 2 is 1.09 bits per heavy atom. The van der Waals surface area contributed by atoms with Crippen LogP contribution >= 0.6 is 0 Å². The molecular formula is C23H20. The lowest BCUT2D eigenvalue weighted by Crippen LogP contribution is -1.87. The van der Waals surface area contributed by atoms with Crippen molar-refractivity contribution in [3.8, 4) is 11.1 Å². The van der Waals surface area contributed by atoms with E-state index in [4.69, 9.17) is 0 Å². The van der Waals surface area contributed by atoms with Crippen LogP contribution < -0.4 is 0 Å². The monoisotopic (exact) mass is 296 g/mol. The molecule has 23 heavy (non-hydrogen) atoms. The van der Waals surface area contributed by atoms with Crippen LogP contribution in [-0.2, 0) is 0 Å². The van der Waals surface area contributed by atoms with Crippen molar-refractivity contribution < 1.29 is 0 Å². The van der Waals surface area contributed by atoms with Gasteiger partial charge in [0.15, 0.2) is 0 Å². The van der Waals surface area contributed by atoms with E-state index in [9.17, 15) is 0 Å². The van der Waals surface area contributed by atoms with Crippen molar-refractivity contribution in [2.45, 2.75) is 20.8 Å². The Morgan fingerprint density at radius 3 is 1.83 bits per heavy atom. The highest BCUT2D eigenvalue weighted by molar-refractivity contribution is 6.14. The largest absolute Gasteiger partial charge is 0.0587 e. The van der Waals surface area contributed by atoms with Gasteiger partial charge in [0.25, 0.3) is 0 Å². The minimum Gasteiger partial charge on any atom is -0.0587 e. The molecular weight excluding hydrogens is 276 g/mol. The van der Waals surface area contributed by atoms with E-state index in [0.29, 0.717) is 0 Å². The maximum Gasteiger partial charge on any atom is -0.00963 e. The van der Waals surface area contributed by atoms with Crippen LogP contribution in [0.2, 0.25) is 0 Å².